The zero-order valence-corrected chi connectivity index (χ0v) is 12.6. The summed E-state index contributed by atoms with van der Waals surface area (Å²) >= 11 is 0. The lowest BCUT2D eigenvalue weighted by atomic mass is 9.93. The first-order chi connectivity index (χ1) is 11.1. The Hall–Kier alpha value is -2.94. The lowest BCUT2D eigenvalue weighted by molar-refractivity contribution is -0.172. The first-order valence-corrected chi connectivity index (χ1v) is 7.43. The smallest absolute Gasteiger partial charge is 0.200 e. The third-order valence-electron chi connectivity index (χ3n) is 4.03. The van der Waals surface area contributed by atoms with Crippen molar-refractivity contribution in [2.45, 2.75) is 6.92 Å². The number of fused-ring (bicyclic) bond motifs is 2. The van der Waals surface area contributed by atoms with Gasteiger partial charge < -0.3 is 4.42 Å². The van der Waals surface area contributed by atoms with Crippen LogP contribution in [0.1, 0.15) is 5.56 Å². The zero-order chi connectivity index (χ0) is 16.0. The molecule has 1 aliphatic heterocycles. The SMILES string of the molecule is Cc1ccc2c(-c3ccc(F)cc3)c3ccc(=[NH2+])cc-3oc2c1. The molecular weight excluding hydrogens is 289 g/mol. The molecule has 2 aliphatic rings. The molecule has 0 aromatic heterocycles. The van der Waals surface area contributed by atoms with Crippen molar-refractivity contribution in [2.24, 2.45) is 0 Å². The minimum atomic E-state index is -0.247. The van der Waals surface area contributed by atoms with Crippen LogP contribution in [0.25, 0.3) is 33.4 Å². The quantitative estimate of drug-likeness (QED) is 0.538. The lowest BCUT2D eigenvalue weighted by Crippen LogP contribution is -2.44. The van der Waals surface area contributed by atoms with Crippen molar-refractivity contribution in [1.29, 1.82) is 0 Å². The Morgan fingerprint density at radius 1 is 0.913 bits per heavy atom. The van der Waals surface area contributed by atoms with Gasteiger partial charge in [-0.25, -0.2) is 4.39 Å². The molecule has 1 aliphatic carbocycles. The molecule has 2 nitrogen and oxygen atoms in total. The fourth-order valence-corrected chi connectivity index (χ4v) is 2.94. The molecule has 2 aromatic rings. The van der Waals surface area contributed by atoms with Crippen LogP contribution in [0.2, 0.25) is 0 Å². The second kappa shape index (κ2) is 5.06. The van der Waals surface area contributed by atoms with Crippen LogP contribution in [0, 0.1) is 12.7 Å². The largest absolute Gasteiger partial charge is 0.456 e. The monoisotopic (exact) mass is 304 g/mol. The van der Waals surface area contributed by atoms with Gasteiger partial charge in [0.25, 0.3) is 0 Å². The van der Waals surface area contributed by atoms with Gasteiger partial charge in [-0.05, 0) is 42.3 Å². The van der Waals surface area contributed by atoms with E-state index in [0.29, 0.717) is 5.36 Å². The zero-order valence-electron chi connectivity index (χ0n) is 12.6. The van der Waals surface area contributed by atoms with Gasteiger partial charge in [0.1, 0.15) is 17.2 Å². The van der Waals surface area contributed by atoms with Crippen LogP contribution in [0.15, 0.2) is 65.1 Å². The van der Waals surface area contributed by atoms with Gasteiger partial charge in [-0.3, -0.25) is 5.41 Å². The molecule has 2 aromatic carbocycles. The number of rotatable bonds is 1. The highest BCUT2D eigenvalue weighted by molar-refractivity contribution is 6.01. The van der Waals surface area contributed by atoms with Crippen molar-refractivity contribution >= 4 is 11.0 Å². The lowest BCUT2D eigenvalue weighted by Gasteiger charge is -2.15. The van der Waals surface area contributed by atoms with E-state index in [9.17, 15) is 4.39 Å². The Kier molecular flexibility index (Phi) is 3.01. The number of hydrogen-bond donors (Lipinski definition) is 1. The molecule has 0 saturated heterocycles. The van der Waals surface area contributed by atoms with Crippen LogP contribution in [-0.2, 0) is 0 Å². The molecule has 0 fully saturated rings. The predicted molar refractivity (Wildman–Crippen MR) is 88.0 cm³/mol. The number of aryl methyl sites for hydroxylation is 1. The van der Waals surface area contributed by atoms with Crippen LogP contribution in [0.5, 0.6) is 0 Å². The van der Waals surface area contributed by atoms with Crippen LogP contribution in [0.3, 0.4) is 0 Å². The Morgan fingerprint density at radius 2 is 1.70 bits per heavy atom. The van der Waals surface area contributed by atoms with Crippen LogP contribution >= 0.6 is 0 Å². The summed E-state index contributed by atoms with van der Waals surface area (Å²) in [6.07, 6.45) is 0. The van der Waals surface area contributed by atoms with E-state index >= 15 is 0 Å². The summed E-state index contributed by atoms with van der Waals surface area (Å²) in [6.45, 7) is 2.02. The van der Waals surface area contributed by atoms with Crippen molar-refractivity contribution < 1.29 is 14.2 Å². The highest BCUT2D eigenvalue weighted by atomic mass is 19.1. The number of hydrogen-bond acceptors (Lipinski definition) is 1. The van der Waals surface area contributed by atoms with Crippen molar-refractivity contribution in [2.75, 3.05) is 0 Å². The Bertz CT molecular complexity index is 1050. The van der Waals surface area contributed by atoms with Gasteiger partial charge in [0.05, 0.1) is 6.07 Å². The fourth-order valence-electron chi connectivity index (χ4n) is 2.94. The van der Waals surface area contributed by atoms with E-state index in [0.717, 1.165) is 39.0 Å². The number of halogens is 1. The van der Waals surface area contributed by atoms with Crippen molar-refractivity contribution in [3.8, 4) is 22.5 Å². The topological polar surface area (TPSA) is 38.7 Å². The standard InChI is InChI=1S/C20H14FNO/c1-12-2-8-16-18(10-12)23-19-11-15(22)7-9-17(19)20(16)13-3-5-14(21)6-4-13/h2-11,22H,1H3/p+1. The van der Waals surface area contributed by atoms with E-state index in [1.54, 1.807) is 12.1 Å². The van der Waals surface area contributed by atoms with Crippen LogP contribution < -0.4 is 10.8 Å². The molecule has 2 N–H and O–H groups in total. The summed E-state index contributed by atoms with van der Waals surface area (Å²) in [7, 11) is 0. The maximum absolute atomic E-state index is 13.3. The summed E-state index contributed by atoms with van der Waals surface area (Å²) in [5.74, 6) is 0.477. The van der Waals surface area contributed by atoms with Crippen molar-refractivity contribution in [3.05, 3.63) is 77.4 Å². The third-order valence-corrected chi connectivity index (χ3v) is 4.03. The van der Waals surface area contributed by atoms with Gasteiger partial charge in [-0.15, -0.1) is 0 Å². The van der Waals surface area contributed by atoms with Gasteiger partial charge in [-0.2, -0.15) is 0 Å². The number of benzene rings is 3. The molecular formula is C20H15FNO+. The molecule has 0 atom stereocenters. The van der Waals surface area contributed by atoms with Gasteiger partial charge in [-0.1, -0.05) is 24.3 Å². The van der Waals surface area contributed by atoms with E-state index in [1.807, 2.05) is 43.3 Å². The molecule has 4 rings (SSSR count). The van der Waals surface area contributed by atoms with Crippen LogP contribution in [-0.4, -0.2) is 0 Å². The average molecular weight is 304 g/mol. The Labute approximate surface area is 132 Å². The minimum absolute atomic E-state index is 0.247. The van der Waals surface area contributed by atoms with Gasteiger partial charge in [0, 0.05) is 22.6 Å². The maximum atomic E-state index is 13.3. The molecule has 0 unspecified atom stereocenters. The molecule has 0 saturated carbocycles. The minimum Gasteiger partial charge on any atom is -0.456 e. The molecule has 23 heavy (non-hydrogen) atoms. The summed E-state index contributed by atoms with van der Waals surface area (Å²) < 4.78 is 19.3. The maximum Gasteiger partial charge on any atom is 0.200 e. The summed E-state index contributed by atoms with van der Waals surface area (Å²) in [5.41, 5.74) is 4.85. The second-order valence-corrected chi connectivity index (χ2v) is 5.74. The molecule has 0 bridgehead atoms. The van der Waals surface area contributed by atoms with Gasteiger partial charge >= 0.3 is 0 Å². The van der Waals surface area contributed by atoms with Crippen molar-refractivity contribution in [3.63, 3.8) is 0 Å². The van der Waals surface area contributed by atoms with E-state index in [-0.39, 0.29) is 5.82 Å². The number of nitrogens with two attached hydrogens (primary N) is 1. The Morgan fingerprint density at radius 3 is 2.48 bits per heavy atom. The predicted octanol–water partition coefficient (Wildman–Crippen LogP) is 3.31. The van der Waals surface area contributed by atoms with Crippen molar-refractivity contribution in [1.82, 2.24) is 0 Å². The Balaban J connectivity index is 2.17. The second-order valence-electron chi connectivity index (χ2n) is 5.74. The van der Waals surface area contributed by atoms with E-state index < -0.39 is 0 Å². The van der Waals surface area contributed by atoms with Gasteiger partial charge in [0.15, 0.2) is 5.36 Å². The van der Waals surface area contributed by atoms with E-state index in [2.05, 4.69) is 0 Å². The summed E-state index contributed by atoms with van der Waals surface area (Å²) in [5, 5.41) is 7.55. The highest BCUT2D eigenvalue weighted by Gasteiger charge is 2.17. The van der Waals surface area contributed by atoms with Gasteiger partial charge in [0.2, 0.25) is 0 Å². The third kappa shape index (κ3) is 2.30. The van der Waals surface area contributed by atoms with E-state index in [4.69, 9.17) is 9.83 Å². The normalized spacial score (nSPS) is 11.2. The summed E-state index contributed by atoms with van der Waals surface area (Å²) in [4.78, 5) is 0. The fraction of sp³-hybridized carbons (Fsp3) is 0.0500. The molecule has 3 heteroatoms. The van der Waals surface area contributed by atoms with Crippen LogP contribution in [0.4, 0.5) is 4.39 Å². The molecule has 0 spiro atoms. The summed E-state index contributed by atoms with van der Waals surface area (Å²) in [6, 6.07) is 18.3. The molecule has 112 valence electrons. The molecule has 0 radical (unpaired) electrons. The highest BCUT2D eigenvalue weighted by Crippen LogP contribution is 2.39. The molecule has 0 amide bonds. The molecule has 1 heterocycles. The average Bonchev–Trinajstić information content (AvgIpc) is 2.53. The first-order valence-electron chi connectivity index (χ1n) is 7.43. The van der Waals surface area contributed by atoms with E-state index in [1.165, 1.54) is 12.1 Å². The first kappa shape index (κ1) is 13.7.